The van der Waals surface area contributed by atoms with E-state index in [-0.39, 0.29) is 34.0 Å². The van der Waals surface area contributed by atoms with Gasteiger partial charge in [-0.05, 0) is 105 Å². The van der Waals surface area contributed by atoms with E-state index < -0.39 is 177 Å². The number of carbonyl (C=O) groups is 1. The molecule has 10 fully saturated rings. The van der Waals surface area contributed by atoms with E-state index in [0.717, 1.165) is 44.8 Å². The van der Waals surface area contributed by atoms with Crippen molar-refractivity contribution in [1.82, 2.24) is 0 Å². The zero-order valence-electron chi connectivity index (χ0n) is 45.3. The van der Waals surface area contributed by atoms with Gasteiger partial charge in [0.1, 0.15) is 97.8 Å². The van der Waals surface area contributed by atoms with Gasteiger partial charge >= 0.3 is 0 Å². The van der Waals surface area contributed by atoms with Gasteiger partial charge in [-0.2, -0.15) is 0 Å². The molecule has 10 aliphatic rings. The van der Waals surface area contributed by atoms with E-state index >= 15 is 0 Å². The molecule has 5 aliphatic heterocycles. The number of aliphatic hydroxyl groups is 13. The number of rotatable bonds is 12. The zero-order chi connectivity index (χ0) is 55.9. The Bertz CT molecular complexity index is 2110. The van der Waals surface area contributed by atoms with E-state index in [1.165, 1.54) is 6.92 Å². The average molecular weight is 1110 g/mol. The lowest BCUT2D eigenvalue weighted by Crippen LogP contribution is -2.74. The van der Waals surface area contributed by atoms with Crippen LogP contribution in [0.4, 0.5) is 0 Å². The predicted molar refractivity (Wildman–Crippen MR) is 261 cm³/mol. The summed E-state index contributed by atoms with van der Waals surface area (Å²) < 4.78 is 57.1. The Morgan fingerprint density at radius 2 is 1.05 bits per heavy atom. The second kappa shape index (κ2) is 20.8. The fourth-order valence-corrected chi connectivity index (χ4v) is 17.9. The molecule has 0 radical (unpaired) electrons. The molecule has 5 saturated carbocycles. The summed E-state index contributed by atoms with van der Waals surface area (Å²) in [5.41, 5.74) is -2.95. The summed E-state index contributed by atoms with van der Waals surface area (Å²) in [5, 5.41) is 143. The van der Waals surface area contributed by atoms with Crippen molar-refractivity contribution >= 4 is 6.29 Å². The first kappa shape index (κ1) is 59.0. The van der Waals surface area contributed by atoms with Gasteiger partial charge in [-0.15, -0.1) is 0 Å². The molecule has 2 bridgehead atoms. The fraction of sp³-hybridized carbons (Fsp3) is 0.981. The van der Waals surface area contributed by atoms with E-state index in [2.05, 4.69) is 34.6 Å². The molecule has 0 aromatic heterocycles. The average Bonchev–Trinajstić information content (AvgIpc) is 3.76. The third-order valence-electron chi connectivity index (χ3n) is 22.7. The van der Waals surface area contributed by atoms with Crippen molar-refractivity contribution in [3.05, 3.63) is 0 Å². The Hall–Kier alpha value is -1.21. The summed E-state index contributed by atoms with van der Waals surface area (Å²) in [5.74, 6) is 0.276. The molecular weight excluding hydrogens is 1020 g/mol. The van der Waals surface area contributed by atoms with Crippen LogP contribution in [0.15, 0.2) is 0 Å². The normalized spacial score (nSPS) is 58.3. The molecule has 0 aromatic rings. The fourth-order valence-electron chi connectivity index (χ4n) is 17.9. The molecule has 0 unspecified atom stereocenters. The van der Waals surface area contributed by atoms with Crippen molar-refractivity contribution in [2.45, 2.75) is 253 Å². The lowest BCUT2D eigenvalue weighted by Gasteiger charge is -2.75. The molecule has 5 aliphatic carbocycles. The van der Waals surface area contributed by atoms with Crippen LogP contribution in [0.5, 0.6) is 0 Å². The van der Waals surface area contributed by atoms with Crippen LogP contribution in [0, 0.1) is 50.2 Å². The van der Waals surface area contributed by atoms with Crippen molar-refractivity contribution in [1.29, 1.82) is 0 Å². The summed E-state index contributed by atoms with van der Waals surface area (Å²) >= 11 is 0. The molecule has 0 amide bonds. The molecule has 5 saturated heterocycles. The smallest absolute Gasteiger partial charge is 0.187 e. The van der Waals surface area contributed by atoms with Crippen molar-refractivity contribution < 1.29 is 114 Å². The first-order chi connectivity index (χ1) is 36.2. The molecule has 10 rings (SSSR count). The van der Waals surface area contributed by atoms with Crippen LogP contribution >= 0.6 is 0 Å². The van der Waals surface area contributed by atoms with Gasteiger partial charge in [-0.1, -0.05) is 41.5 Å². The summed E-state index contributed by atoms with van der Waals surface area (Å²) in [4.78, 5) is 12.6. The molecule has 23 heteroatoms. The van der Waals surface area contributed by atoms with Gasteiger partial charge in [0.25, 0.3) is 0 Å². The number of carbonyl (C=O) groups excluding carboxylic acids is 1. The highest BCUT2D eigenvalue weighted by atomic mass is 16.8. The van der Waals surface area contributed by atoms with Gasteiger partial charge in [0, 0.05) is 16.2 Å². The Morgan fingerprint density at radius 3 is 1.69 bits per heavy atom. The Kier molecular flexibility index (Phi) is 16.0. The molecular formula is C54H88O23. The van der Waals surface area contributed by atoms with E-state index in [4.69, 9.17) is 42.6 Å². The molecule has 31 atom stereocenters. The standard InChI is InChI=1S/C54H88O23/c1-23-32(60)36(64)39(67)44(70-23)76-42-38(66)34(62)25(19-56)72-46(42)77-43-41(75-45-40(68)37(65)33(61)24(18-55)71-45)35(63)26(20-57)73-47(43)74-31-10-11-50(5)27(48(31,2)3)8-12-51(6)28(50)9-13-54-29-16-49(4,21-58)14-15-53(29,22-69-54)30(59)17-52(51,54)7/h21,23-47,55-57,59-68H,8-20,22H2,1-7H3/t23-,24+,25+,26+,27+,28+,29-,30+,31-,32-,33+,34+,35-,36+,37-,38-,39+,40+,41-,42+,43+,44-,45-,46-,47-,49-,50-,51+,52-,53+,54-/m0/s1. The zero-order valence-corrected chi connectivity index (χ0v) is 45.3. The topological polar surface area (TPSA) is 363 Å². The van der Waals surface area contributed by atoms with Crippen molar-refractivity contribution in [2.75, 3.05) is 26.4 Å². The second-order valence-electron chi connectivity index (χ2n) is 26.7. The molecule has 77 heavy (non-hydrogen) atoms. The van der Waals surface area contributed by atoms with E-state index in [1.54, 1.807) is 0 Å². The first-order valence-electron chi connectivity index (χ1n) is 28.1. The molecule has 0 aromatic carbocycles. The Balaban J connectivity index is 0.968. The van der Waals surface area contributed by atoms with Crippen molar-refractivity contribution in [3.63, 3.8) is 0 Å². The monoisotopic (exact) mass is 1100 g/mol. The number of ether oxygens (including phenoxy) is 9. The quantitative estimate of drug-likeness (QED) is 0.0732. The lowest BCUT2D eigenvalue weighted by molar-refractivity contribution is -0.411. The summed E-state index contributed by atoms with van der Waals surface area (Å²) in [6.07, 6.45) is -27.5. The van der Waals surface area contributed by atoms with Crippen LogP contribution in [0.3, 0.4) is 0 Å². The first-order valence-corrected chi connectivity index (χ1v) is 28.1. The number of aldehydes is 1. The summed E-state index contributed by atoms with van der Waals surface area (Å²) in [7, 11) is 0. The highest BCUT2D eigenvalue weighted by Gasteiger charge is 2.80. The minimum atomic E-state index is -1.98. The molecule has 23 nitrogen and oxygen atoms in total. The van der Waals surface area contributed by atoms with E-state index in [1.807, 2.05) is 6.92 Å². The van der Waals surface area contributed by atoms with Gasteiger partial charge < -0.3 is 114 Å². The van der Waals surface area contributed by atoms with Crippen LogP contribution in [0.2, 0.25) is 0 Å². The Morgan fingerprint density at radius 1 is 0.506 bits per heavy atom. The third-order valence-corrected chi connectivity index (χ3v) is 22.7. The van der Waals surface area contributed by atoms with Crippen molar-refractivity contribution in [2.24, 2.45) is 50.2 Å². The van der Waals surface area contributed by atoms with Gasteiger partial charge in [-0.3, -0.25) is 0 Å². The molecule has 442 valence electrons. The number of aliphatic hydroxyl groups excluding tert-OH is 13. The predicted octanol–water partition coefficient (Wildman–Crippen LogP) is -2.14. The van der Waals surface area contributed by atoms with E-state index in [9.17, 15) is 71.2 Å². The maximum absolute atomic E-state index is 12.6. The van der Waals surface area contributed by atoms with Gasteiger partial charge in [0.2, 0.25) is 0 Å². The maximum atomic E-state index is 12.6. The number of hydrogen-bond acceptors (Lipinski definition) is 23. The molecule has 5 heterocycles. The highest BCUT2D eigenvalue weighted by Crippen LogP contribution is 2.80. The minimum absolute atomic E-state index is 0.0394. The van der Waals surface area contributed by atoms with Crippen LogP contribution in [0.25, 0.3) is 0 Å². The van der Waals surface area contributed by atoms with Gasteiger partial charge in [-0.25, -0.2) is 0 Å². The van der Waals surface area contributed by atoms with Gasteiger partial charge in [0.15, 0.2) is 25.2 Å². The number of hydrogen-bond donors (Lipinski definition) is 13. The molecule has 13 N–H and O–H groups in total. The van der Waals surface area contributed by atoms with Crippen LogP contribution < -0.4 is 0 Å². The summed E-state index contributed by atoms with van der Waals surface area (Å²) in [6.45, 7) is 12.8. The minimum Gasteiger partial charge on any atom is -0.394 e. The SMILES string of the molecule is C[C@@H]1O[C@@H](O[C@H]2[C@H](O[C@H]3[C@H](O[C@H]4CC[C@@]5(C)[C@H](CC[C@]6(C)[C@@H]5CC[C@]57OC[C@@]8(CC[C@](C)(C=O)C[C@@H]85)[C@H](O)C[C@]76C)C4(C)C)O[C@H](CO)[C@H](O)[C@@H]3O[C@@H]3O[C@H](CO)[C@@H](O)[C@H](O)[C@H]3O)O[C@H](CO)[C@@H](O)[C@@H]2O)[C@H](O)[C@H](O)[C@H]1O. The highest BCUT2D eigenvalue weighted by molar-refractivity contribution is 5.59. The van der Waals surface area contributed by atoms with Crippen LogP contribution in [-0.2, 0) is 47.4 Å². The Labute approximate surface area is 449 Å². The van der Waals surface area contributed by atoms with Crippen LogP contribution in [0.1, 0.15) is 113 Å². The number of fused-ring (bicyclic) bond motifs is 4. The summed E-state index contributed by atoms with van der Waals surface area (Å²) in [6, 6.07) is 0. The van der Waals surface area contributed by atoms with Crippen molar-refractivity contribution in [3.8, 4) is 0 Å². The molecule has 1 spiro atoms. The third kappa shape index (κ3) is 8.83. The second-order valence-corrected chi connectivity index (χ2v) is 26.7. The van der Waals surface area contributed by atoms with Crippen LogP contribution in [-0.4, -0.2) is 240 Å². The van der Waals surface area contributed by atoms with Gasteiger partial charge in [0.05, 0.1) is 50.3 Å². The van der Waals surface area contributed by atoms with E-state index in [0.29, 0.717) is 32.3 Å². The largest absolute Gasteiger partial charge is 0.394 e. The maximum Gasteiger partial charge on any atom is 0.187 e. The lowest BCUT2D eigenvalue weighted by atomic mass is 9.30.